The third-order valence-electron chi connectivity index (χ3n) is 5.05. The van der Waals surface area contributed by atoms with E-state index in [4.69, 9.17) is 19.2 Å². The number of fused-ring (bicyclic) bond motifs is 1. The Morgan fingerprint density at radius 1 is 1.09 bits per heavy atom. The summed E-state index contributed by atoms with van der Waals surface area (Å²) >= 11 is 0. The molecule has 0 aliphatic carbocycles. The van der Waals surface area contributed by atoms with Gasteiger partial charge in [0.2, 0.25) is 5.75 Å². The van der Waals surface area contributed by atoms with Crippen molar-refractivity contribution in [2.24, 2.45) is 0 Å². The van der Waals surface area contributed by atoms with E-state index in [0.29, 0.717) is 40.7 Å². The van der Waals surface area contributed by atoms with E-state index in [1.165, 1.54) is 0 Å². The number of ether oxygens (including phenoxy) is 3. The number of likely N-dealkylation sites (N-methyl/N-ethyl adjacent to an activating group) is 1. The molecule has 32 heavy (non-hydrogen) atoms. The van der Waals surface area contributed by atoms with E-state index < -0.39 is 0 Å². The number of benzene rings is 1. The van der Waals surface area contributed by atoms with Crippen molar-refractivity contribution >= 4 is 23.2 Å². The molecule has 2 heterocycles. The predicted molar refractivity (Wildman–Crippen MR) is 124 cm³/mol. The molecule has 0 aliphatic heterocycles. The molecule has 0 atom stereocenters. The maximum atomic E-state index is 13.1. The first-order chi connectivity index (χ1) is 15.6. The number of unbranched alkanes of at least 4 members (excludes halogenated alkanes) is 1. The van der Waals surface area contributed by atoms with Crippen molar-refractivity contribution in [3.8, 4) is 17.2 Å². The average Bonchev–Trinajstić information content (AvgIpc) is 3.28. The minimum Gasteiger partial charge on any atom is -0.493 e. The van der Waals surface area contributed by atoms with Gasteiger partial charge in [-0.25, -0.2) is 9.50 Å². The van der Waals surface area contributed by atoms with Crippen molar-refractivity contribution < 1.29 is 19.0 Å². The van der Waals surface area contributed by atoms with Crippen LogP contribution < -0.4 is 19.5 Å². The molecule has 0 bridgehead atoms. The topological polar surface area (TPSA) is 87.0 Å². The van der Waals surface area contributed by atoms with Gasteiger partial charge in [0.25, 0.3) is 5.91 Å². The molecule has 8 heteroatoms. The largest absolute Gasteiger partial charge is 0.493 e. The summed E-state index contributed by atoms with van der Waals surface area (Å²) in [6, 6.07) is 7.39. The van der Waals surface area contributed by atoms with Gasteiger partial charge in [0.05, 0.1) is 38.8 Å². The van der Waals surface area contributed by atoms with Crippen molar-refractivity contribution in [2.45, 2.75) is 33.1 Å². The van der Waals surface area contributed by atoms with Gasteiger partial charge in [-0.1, -0.05) is 13.3 Å². The van der Waals surface area contributed by atoms with E-state index >= 15 is 0 Å². The first-order valence-electron chi connectivity index (χ1n) is 10.7. The molecule has 1 N–H and O–H groups in total. The van der Waals surface area contributed by atoms with Crippen LogP contribution in [0, 0.1) is 0 Å². The third-order valence-corrected chi connectivity index (χ3v) is 5.05. The summed E-state index contributed by atoms with van der Waals surface area (Å²) in [6.07, 6.45) is 6.40. The number of aromatic nitrogens is 3. The van der Waals surface area contributed by atoms with Crippen LogP contribution in [-0.2, 0) is 11.2 Å². The first kappa shape index (κ1) is 23.1. The number of aryl methyl sites for hydroxylation is 1. The number of nitrogens with zero attached hydrogens (tertiary/aromatic N) is 3. The van der Waals surface area contributed by atoms with Crippen LogP contribution in [0.4, 0.5) is 0 Å². The number of methoxy groups -OCH3 is 3. The summed E-state index contributed by atoms with van der Waals surface area (Å²) in [5.74, 6) is 1.31. The van der Waals surface area contributed by atoms with Gasteiger partial charge < -0.3 is 19.5 Å². The summed E-state index contributed by atoms with van der Waals surface area (Å²) in [4.78, 5) is 17.8. The standard InChI is InChI=1S/C24H30N4O4/c1-6-8-9-17-15-19(28-22(27-17)10-11-26-28)18(24(29)25-7-2)12-16-13-20(30-3)23(32-5)21(14-16)31-4/h10-15H,6-9H2,1-5H3,(H,25,29)/b18-12-. The number of carbonyl (C=O) groups is 1. The van der Waals surface area contributed by atoms with Crippen LogP contribution in [0.5, 0.6) is 17.2 Å². The summed E-state index contributed by atoms with van der Waals surface area (Å²) in [5.41, 5.74) is 3.50. The highest BCUT2D eigenvalue weighted by Crippen LogP contribution is 2.39. The van der Waals surface area contributed by atoms with Crippen LogP contribution in [0.25, 0.3) is 17.3 Å². The monoisotopic (exact) mass is 438 g/mol. The number of hydrogen-bond acceptors (Lipinski definition) is 6. The van der Waals surface area contributed by atoms with Gasteiger partial charge in [0.15, 0.2) is 17.1 Å². The Morgan fingerprint density at radius 2 is 1.81 bits per heavy atom. The fourth-order valence-corrected chi connectivity index (χ4v) is 3.51. The Hall–Kier alpha value is -3.55. The highest BCUT2D eigenvalue weighted by molar-refractivity contribution is 6.23. The zero-order valence-electron chi connectivity index (χ0n) is 19.3. The molecule has 0 fully saturated rings. The van der Waals surface area contributed by atoms with Gasteiger partial charge in [-0.3, -0.25) is 4.79 Å². The Morgan fingerprint density at radius 3 is 2.41 bits per heavy atom. The SMILES string of the molecule is CCCCc1cc(/C(=C/c2cc(OC)c(OC)c(OC)c2)C(=O)NCC)n2nccc2n1. The molecule has 0 spiro atoms. The molecule has 3 rings (SSSR count). The van der Waals surface area contributed by atoms with Crippen molar-refractivity contribution in [3.05, 3.63) is 47.4 Å². The quantitative estimate of drug-likeness (QED) is 0.485. The molecule has 8 nitrogen and oxygen atoms in total. The van der Waals surface area contributed by atoms with Crippen molar-refractivity contribution in [1.29, 1.82) is 0 Å². The highest BCUT2D eigenvalue weighted by Gasteiger charge is 2.19. The lowest BCUT2D eigenvalue weighted by Gasteiger charge is -2.15. The lowest BCUT2D eigenvalue weighted by Crippen LogP contribution is -2.25. The van der Waals surface area contributed by atoms with E-state index in [2.05, 4.69) is 17.3 Å². The Balaban J connectivity index is 2.22. The normalized spacial score (nSPS) is 11.5. The molecule has 0 saturated heterocycles. The van der Waals surface area contributed by atoms with Crippen LogP contribution in [-0.4, -0.2) is 48.4 Å². The van der Waals surface area contributed by atoms with E-state index in [-0.39, 0.29) is 5.91 Å². The summed E-state index contributed by atoms with van der Waals surface area (Å²) in [6.45, 7) is 4.53. The minimum atomic E-state index is -0.203. The molecular weight excluding hydrogens is 408 g/mol. The first-order valence-corrected chi connectivity index (χ1v) is 10.7. The molecule has 1 aromatic carbocycles. The summed E-state index contributed by atoms with van der Waals surface area (Å²) in [7, 11) is 4.68. The molecule has 0 unspecified atom stereocenters. The van der Waals surface area contributed by atoms with Crippen molar-refractivity contribution in [3.63, 3.8) is 0 Å². The van der Waals surface area contributed by atoms with Gasteiger partial charge in [-0.05, 0) is 49.6 Å². The van der Waals surface area contributed by atoms with Crippen LogP contribution in [0.2, 0.25) is 0 Å². The van der Waals surface area contributed by atoms with Gasteiger partial charge >= 0.3 is 0 Å². The number of hydrogen-bond donors (Lipinski definition) is 1. The lowest BCUT2D eigenvalue weighted by atomic mass is 10.0. The second kappa shape index (κ2) is 10.7. The zero-order chi connectivity index (χ0) is 23.1. The molecule has 0 radical (unpaired) electrons. The van der Waals surface area contributed by atoms with Crippen LogP contribution in [0.3, 0.4) is 0 Å². The molecule has 170 valence electrons. The predicted octanol–water partition coefficient (Wildman–Crippen LogP) is 3.77. The summed E-state index contributed by atoms with van der Waals surface area (Å²) < 4.78 is 18.1. The number of rotatable bonds is 10. The Labute approximate surface area is 188 Å². The maximum absolute atomic E-state index is 13.1. The molecule has 2 aromatic heterocycles. The number of nitrogens with one attached hydrogen (secondary N) is 1. The maximum Gasteiger partial charge on any atom is 0.253 e. The molecular formula is C24H30N4O4. The van der Waals surface area contributed by atoms with Gasteiger partial charge in [-0.2, -0.15) is 5.10 Å². The van der Waals surface area contributed by atoms with E-state index in [1.54, 1.807) is 50.3 Å². The molecule has 1 amide bonds. The van der Waals surface area contributed by atoms with Gasteiger partial charge in [0, 0.05) is 18.3 Å². The van der Waals surface area contributed by atoms with Gasteiger partial charge in [0.1, 0.15) is 0 Å². The van der Waals surface area contributed by atoms with Crippen LogP contribution in [0.15, 0.2) is 30.5 Å². The van der Waals surface area contributed by atoms with Crippen LogP contribution in [0.1, 0.15) is 43.6 Å². The number of carbonyl (C=O) groups excluding carboxylic acids is 1. The third kappa shape index (κ3) is 4.85. The minimum absolute atomic E-state index is 0.203. The van der Waals surface area contributed by atoms with Gasteiger partial charge in [-0.15, -0.1) is 0 Å². The summed E-state index contributed by atoms with van der Waals surface area (Å²) in [5, 5.41) is 7.31. The zero-order valence-corrected chi connectivity index (χ0v) is 19.3. The molecule has 0 saturated carbocycles. The van der Waals surface area contributed by atoms with Crippen LogP contribution >= 0.6 is 0 Å². The lowest BCUT2D eigenvalue weighted by molar-refractivity contribution is -0.115. The Bertz CT molecular complexity index is 1100. The fraction of sp³-hybridized carbons (Fsp3) is 0.375. The number of amides is 1. The smallest absolute Gasteiger partial charge is 0.253 e. The van der Waals surface area contributed by atoms with E-state index in [1.807, 2.05) is 19.1 Å². The van der Waals surface area contributed by atoms with Crippen molar-refractivity contribution in [1.82, 2.24) is 19.9 Å². The molecule has 0 aliphatic rings. The van der Waals surface area contributed by atoms with Crippen molar-refractivity contribution in [2.75, 3.05) is 27.9 Å². The average molecular weight is 439 g/mol. The van der Waals surface area contributed by atoms with E-state index in [9.17, 15) is 4.79 Å². The fourth-order valence-electron chi connectivity index (χ4n) is 3.51. The second-order valence-electron chi connectivity index (χ2n) is 7.21. The Kier molecular flexibility index (Phi) is 7.70. The highest BCUT2D eigenvalue weighted by atomic mass is 16.5. The molecule has 3 aromatic rings. The second-order valence-corrected chi connectivity index (χ2v) is 7.21. The van der Waals surface area contributed by atoms with E-state index in [0.717, 1.165) is 30.5 Å².